The molecule has 0 aliphatic rings. The second-order valence-corrected chi connectivity index (χ2v) is 6.15. The predicted octanol–water partition coefficient (Wildman–Crippen LogP) is 4.37. The zero-order valence-electron chi connectivity index (χ0n) is 12.4. The first-order chi connectivity index (χ1) is 11.2. The molecule has 0 saturated carbocycles. The molecule has 0 spiro atoms. The molecule has 23 heavy (non-hydrogen) atoms. The van der Waals surface area contributed by atoms with E-state index in [-0.39, 0.29) is 11.5 Å². The van der Waals surface area contributed by atoms with Gasteiger partial charge >= 0.3 is 0 Å². The van der Waals surface area contributed by atoms with E-state index < -0.39 is 5.82 Å². The molecule has 0 saturated heterocycles. The number of hydrogen-bond acceptors (Lipinski definition) is 3. The molecule has 1 amide bonds. The Bertz CT molecular complexity index is 753. The number of carbonyl (C=O) groups is 1. The molecule has 0 fully saturated rings. The van der Waals surface area contributed by atoms with Gasteiger partial charge in [0.05, 0.1) is 18.4 Å². The van der Waals surface area contributed by atoms with E-state index in [4.69, 9.17) is 4.42 Å². The first-order valence-corrected chi connectivity index (χ1v) is 8.20. The van der Waals surface area contributed by atoms with Crippen LogP contribution in [0, 0.1) is 5.82 Å². The molecule has 1 aromatic carbocycles. The van der Waals surface area contributed by atoms with Crippen molar-refractivity contribution in [2.24, 2.45) is 0 Å². The lowest BCUT2D eigenvalue weighted by Crippen LogP contribution is -2.32. The first-order valence-electron chi connectivity index (χ1n) is 7.32. The van der Waals surface area contributed by atoms with Crippen molar-refractivity contribution in [2.45, 2.75) is 13.0 Å². The molecule has 3 aromatic rings. The lowest BCUT2D eigenvalue weighted by atomic mass is 10.1. The third kappa shape index (κ3) is 3.87. The maximum atomic E-state index is 13.9. The molecular formula is C18H16FNO2S. The highest BCUT2D eigenvalue weighted by molar-refractivity contribution is 7.09. The number of thiophene rings is 1. The van der Waals surface area contributed by atoms with Crippen LogP contribution < -0.4 is 0 Å². The van der Waals surface area contributed by atoms with Gasteiger partial charge in [0.1, 0.15) is 11.6 Å². The molecule has 0 aliphatic heterocycles. The van der Waals surface area contributed by atoms with Crippen LogP contribution in [0.3, 0.4) is 0 Å². The van der Waals surface area contributed by atoms with E-state index in [9.17, 15) is 9.18 Å². The van der Waals surface area contributed by atoms with Crippen LogP contribution in [0.15, 0.2) is 64.6 Å². The van der Waals surface area contributed by atoms with Crippen LogP contribution >= 0.6 is 11.3 Å². The topological polar surface area (TPSA) is 33.5 Å². The van der Waals surface area contributed by atoms with Crippen molar-refractivity contribution < 1.29 is 13.6 Å². The van der Waals surface area contributed by atoms with E-state index in [2.05, 4.69) is 0 Å². The molecule has 0 bridgehead atoms. The highest BCUT2D eigenvalue weighted by Gasteiger charge is 2.20. The van der Waals surface area contributed by atoms with E-state index in [1.165, 1.54) is 17.0 Å². The van der Waals surface area contributed by atoms with Gasteiger partial charge in [0.25, 0.3) is 5.91 Å². The molecular weight excluding hydrogens is 313 g/mol. The van der Waals surface area contributed by atoms with Gasteiger partial charge in [0.2, 0.25) is 0 Å². The zero-order chi connectivity index (χ0) is 16.1. The highest BCUT2D eigenvalue weighted by Crippen LogP contribution is 2.16. The Labute approximate surface area is 138 Å². The van der Waals surface area contributed by atoms with Crippen molar-refractivity contribution in [1.29, 1.82) is 0 Å². The van der Waals surface area contributed by atoms with Gasteiger partial charge in [0.15, 0.2) is 0 Å². The monoisotopic (exact) mass is 329 g/mol. The number of rotatable bonds is 6. The molecule has 5 heteroatoms. The summed E-state index contributed by atoms with van der Waals surface area (Å²) in [6, 6.07) is 13.7. The predicted molar refractivity (Wildman–Crippen MR) is 87.9 cm³/mol. The lowest BCUT2D eigenvalue weighted by Gasteiger charge is -2.21. The minimum Gasteiger partial charge on any atom is -0.467 e. The van der Waals surface area contributed by atoms with Gasteiger partial charge in [-0.15, -0.1) is 11.3 Å². The van der Waals surface area contributed by atoms with Crippen molar-refractivity contribution in [3.63, 3.8) is 0 Å². The summed E-state index contributed by atoms with van der Waals surface area (Å²) in [5.41, 5.74) is 0.0882. The molecule has 118 valence electrons. The zero-order valence-corrected chi connectivity index (χ0v) is 13.3. The molecule has 2 aromatic heterocycles. The van der Waals surface area contributed by atoms with Gasteiger partial charge in [-0.25, -0.2) is 4.39 Å². The van der Waals surface area contributed by atoms with Crippen molar-refractivity contribution in [3.05, 3.63) is 82.2 Å². The molecule has 3 rings (SSSR count). The Hall–Kier alpha value is -2.40. The van der Waals surface area contributed by atoms with Crippen LogP contribution in [0.25, 0.3) is 0 Å². The summed E-state index contributed by atoms with van der Waals surface area (Å²) in [6.07, 6.45) is 2.30. The van der Waals surface area contributed by atoms with Gasteiger partial charge in [-0.2, -0.15) is 0 Å². The molecule has 0 radical (unpaired) electrons. The summed E-state index contributed by atoms with van der Waals surface area (Å²) in [6.45, 7) is 0.833. The lowest BCUT2D eigenvalue weighted by molar-refractivity contribution is 0.0729. The van der Waals surface area contributed by atoms with Crippen LogP contribution in [0.5, 0.6) is 0 Å². The van der Waals surface area contributed by atoms with Gasteiger partial charge in [-0.3, -0.25) is 4.79 Å². The van der Waals surface area contributed by atoms with Gasteiger partial charge in [-0.1, -0.05) is 18.2 Å². The van der Waals surface area contributed by atoms with Crippen molar-refractivity contribution in [1.82, 2.24) is 4.90 Å². The number of amides is 1. The Morgan fingerprint density at radius 3 is 2.70 bits per heavy atom. The second kappa shape index (κ2) is 7.24. The van der Waals surface area contributed by atoms with Crippen LogP contribution in [0.2, 0.25) is 0 Å². The Balaban J connectivity index is 1.78. The quantitative estimate of drug-likeness (QED) is 0.673. The smallest absolute Gasteiger partial charge is 0.257 e. The molecule has 0 N–H and O–H groups in total. The Morgan fingerprint density at radius 2 is 2.00 bits per heavy atom. The van der Waals surface area contributed by atoms with Gasteiger partial charge in [-0.05, 0) is 42.1 Å². The third-order valence-electron chi connectivity index (χ3n) is 3.53. The average Bonchev–Trinajstić information content (AvgIpc) is 3.25. The summed E-state index contributed by atoms with van der Waals surface area (Å²) in [5, 5.41) is 2.00. The average molecular weight is 329 g/mol. The Kier molecular flexibility index (Phi) is 4.88. The Morgan fingerprint density at radius 1 is 1.13 bits per heavy atom. The van der Waals surface area contributed by atoms with Gasteiger partial charge < -0.3 is 9.32 Å². The maximum Gasteiger partial charge on any atom is 0.257 e. The fourth-order valence-electron chi connectivity index (χ4n) is 2.35. The largest absolute Gasteiger partial charge is 0.467 e. The van der Waals surface area contributed by atoms with E-state index in [1.807, 2.05) is 23.6 Å². The van der Waals surface area contributed by atoms with Crippen LogP contribution in [-0.4, -0.2) is 17.4 Å². The third-order valence-corrected chi connectivity index (χ3v) is 4.46. The molecule has 0 aliphatic carbocycles. The second-order valence-electron chi connectivity index (χ2n) is 5.12. The maximum absolute atomic E-state index is 13.9. The number of nitrogens with zero attached hydrogens (tertiary/aromatic N) is 1. The fourth-order valence-corrected chi connectivity index (χ4v) is 3.05. The SMILES string of the molecule is O=C(c1ccccc1F)N(CCc1cccs1)Cc1ccco1. The van der Waals surface area contributed by atoms with E-state index in [1.54, 1.807) is 40.7 Å². The van der Waals surface area contributed by atoms with Crippen molar-refractivity contribution in [3.8, 4) is 0 Å². The van der Waals surface area contributed by atoms with E-state index in [0.717, 1.165) is 6.42 Å². The number of hydrogen-bond donors (Lipinski definition) is 0. The summed E-state index contributed by atoms with van der Waals surface area (Å²) in [4.78, 5) is 15.5. The summed E-state index contributed by atoms with van der Waals surface area (Å²) < 4.78 is 19.3. The van der Waals surface area contributed by atoms with Crippen LogP contribution in [-0.2, 0) is 13.0 Å². The molecule has 3 nitrogen and oxygen atoms in total. The minimum atomic E-state index is -0.502. The van der Waals surface area contributed by atoms with Crippen LogP contribution in [0.4, 0.5) is 4.39 Å². The standard InChI is InChI=1S/C18H16FNO2S/c19-17-8-2-1-7-16(17)18(21)20(13-14-5-3-11-22-14)10-9-15-6-4-12-23-15/h1-8,11-12H,9-10,13H2. The fraction of sp³-hybridized carbons (Fsp3) is 0.167. The first kappa shape index (κ1) is 15.5. The summed E-state index contributed by atoms with van der Waals surface area (Å²) in [5.74, 6) is -0.144. The van der Waals surface area contributed by atoms with Crippen molar-refractivity contribution in [2.75, 3.05) is 6.54 Å². The number of benzene rings is 1. The minimum absolute atomic E-state index is 0.0882. The van der Waals surface area contributed by atoms with E-state index in [0.29, 0.717) is 18.8 Å². The molecule has 0 unspecified atom stereocenters. The summed E-state index contributed by atoms with van der Waals surface area (Å²) in [7, 11) is 0. The molecule has 0 atom stereocenters. The summed E-state index contributed by atoms with van der Waals surface area (Å²) >= 11 is 1.65. The number of halogens is 1. The molecule has 2 heterocycles. The van der Waals surface area contributed by atoms with Crippen molar-refractivity contribution >= 4 is 17.2 Å². The normalized spacial score (nSPS) is 10.7. The number of furan rings is 1. The van der Waals surface area contributed by atoms with E-state index >= 15 is 0 Å². The van der Waals surface area contributed by atoms with Gasteiger partial charge in [0, 0.05) is 11.4 Å². The number of carbonyl (C=O) groups excluding carboxylic acids is 1. The van der Waals surface area contributed by atoms with Crippen LogP contribution in [0.1, 0.15) is 21.0 Å². The highest BCUT2D eigenvalue weighted by atomic mass is 32.1.